The molecule has 0 saturated carbocycles. The predicted molar refractivity (Wildman–Crippen MR) is 104 cm³/mol. The van der Waals surface area contributed by atoms with Crippen molar-refractivity contribution in [3.05, 3.63) is 47.8 Å². The van der Waals surface area contributed by atoms with E-state index in [1.807, 2.05) is 48.2 Å². The number of hydrogen-bond donors (Lipinski definition) is 0. The summed E-state index contributed by atoms with van der Waals surface area (Å²) in [5.41, 5.74) is 2.27. The summed E-state index contributed by atoms with van der Waals surface area (Å²) < 4.78 is 7.12. The maximum Gasteiger partial charge on any atom is 0.274 e. The number of para-hydroxylation sites is 1. The Bertz CT molecular complexity index is 843. The van der Waals surface area contributed by atoms with Crippen molar-refractivity contribution in [3.63, 3.8) is 0 Å². The van der Waals surface area contributed by atoms with Gasteiger partial charge in [0.1, 0.15) is 0 Å². The number of rotatable bonds is 3. The minimum atomic E-state index is -0.131. The van der Waals surface area contributed by atoms with Gasteiger partial charge in [0.05, 0.1) is 24.8 Å². The summed E-state index contributed by atoms with van der Waals surface area (Å²) in [7, 11) is 0. The van der Waals surface area contributed by atoms with Crippen molar-refractivity contribution in [2.75, 3.05) is 39.4 Å². The first-order valence-electron chi connectivity index (χ1n) is 9.91. The zero-order chi connectivity index (χ0) is 19.5. The number of ether oxygens (including phenoxy) is 1. The Morgan fingerprint density at radius 1 is 1.07 bits per heavy atom. The Kier molecular flexibility index (Phi) is 5.43. The second-order valence-electron chi connectivity index (χ2n) is 7.45. The van der Waals surface area contributed by atoms with Crippen LogP contribution in [-0.4, -0.2) is 70.8 Å². The molecule has 1 aromatic carbocycles. The van der Waals surface area contributed by atoms with Gasteiger partial charge in [0.25, 0.3) is 5.91 Å². The van der Waals surface area contributed by atoms with Crippen molar-refractivity contribution in [2.24, 2.45) is 5.92 Å². The molecule has 0 bridgehead atoms. The molecule has 0 aliphatic carbocycles. The summed E-state index contributed by atoms with van der Waals surface area (Å²) in [5.74, 6) is -0.0860. The van der Waals surface area contributed by atoms with Crippen LogP contribution in [0.1, 0.15) is 29.0 Å². The Balaban J connectivity index is 1.47. The molecule has 2 amide bonds. The van der Waals surface area contributed by atoms with E-state index < -0.39 is 0 Å². The van der Waals surface area contributed by atoms with E-state index in [4.69, 9.17) is 4.74 Å². The fraction of sp³-hybridized carbons (Fsp3) is 0.476. The maximum absolute atomic E-state index is 13.0. The zero-order valence-electron chi connectivity index (χ0n) is 16.2. The van der Waals surface area contributed by atoms with Crippen LogP contribution < -0.4 is 0 Å². The van der Waals surface area contributed by atoms with Gasteiger partial charge in [0.2, 0.25) is 5.91 Å². The lowest BCUT2D eigenvalue weighted by Gasteiger charge is -2.36. The van der Waals surface area contributed by atoms with Crippen LogP contribution >= 0.6 is 0 Å². The van der Waals surface area contributed by atoms with Crippen LogP contribution in [0.2, 0.25) is 0 Å². The smallest absolute Gasteiger partial charge is 0.274 e. The minimum absolute atomic E-state index is 0.0998. The molecule has 2 aromatic rings. The van der Waals surface area contributed by atoms with Crippen LogP contribution in [-0.2, 0) is 9.53 Å². The molecule has 0 spiro atoms. The molecule has 3 heterocycles. The lowest BCUT2D eigenvalue weighted by molar-refractivity contribution is -0.141. The highest BCUT2D eigenvalue weighted by Gasteiger charge is 2.33. The fourth-order valence-corrected chi connectivity index (χ4v) is 3.98. The topological polar surface area (TPSA) is 67.7 Å². The molecular weight excluding hydrogens is 356 g/mol. The highest BCUT2D eigenvalue weighted by atomic mass is 16.5. The standard InChI is InChI=1S/C21H26N4O3/c1-16-14-19(22-25(16)18-7-3-2-4-8-18)21(27)24-9-5-6-17(15-24)20(26)23-10-12-28-13-11-23/h2-4,7-8,14,17H,5-6,9-13,15H2,1H3. The average Bonchev–Trinajstić information content (AvgIpc) is 3.15. The molecule has 2 fully saturated rings. The number of amides is 2. The van der Waals surface area contributed by atoms with Gasteiger partial charge in [0, 0.05) is 31.9 Å². The molecule has 7 heteroatoms. The normalized spacial score (nSPS) is 20.2. The molecule has 28 heavy (non-hydrogen) atoms. The molecule has 1 aromatic heterocycles. The van der Waals surface area contributed by atoms with E-state index in [9.17, 15) is 9.59 Å². The Hall–Kier alpha value is -2.67. The van der Waals surface area contributed by atoms with Gasteiger partial charge in [-0.05, 0) is 38.0 Å². The highest BCUT2D eigenvalue weighted by Crippen LogP contribution is 2.22. The summed E-state index contributed by atoms with van der Waals surface area (Å²) in [6.45, 7) is 5.55. The van der Waals surface area contributed by atoms with Gasteiger partial charge in [-0.3, -0.25) is 9.59 Å². The van der Waals surface area contributed by atoms with Gasteiger partial charge in [0.15, 0.2) is 5.69 Å². The third-order valence-corrected chi connectivity index (χ3v) is 5.49. The molecule has 148 valence electrons. The summed E-state index contributed by atoms with van der Waals surface area (Å²) in [6.07, 6.45) is 1.67. The van der Waals surface area contributed by atoms with Crippen LogP contribution in [0.4, 0.5) is 0 Å². The van der Waals surface area contributed by atoms with Crippen LogP contribution in [0.25, 0.3) is 5.69 Å². The van der Waals surface area contributed by atoms with Crippen LogP contribution in [0, 0.1) is 12.8 Å². The van der Waals surface area contributed by atoms with Gasteiger partial charge in [-0.1, -0.05) is 18.2 Å². The molecule has 0 N–H and O–H groups in total. The fourth-order valence-electron chi connectivity index (χ4n) is 3.98. The second-order valence-corrected chi connectivity index (χ2v) is 7.45. The molecule has 7 nitrogen and oxygen atoms in total. The Labute approximate surface area is 164 Å². The van der Waals surface area contributed by atoms with Gasteiger partial charge in [-0.2, -0.15) is 5.10 Å². The first-order valence-corrected chi connectivity index (χ1v) is 9.91. The number of carbonyl (C=O) groups is 2. The van der Waals surface area contributed by atoms with Gasteiger partial charge in [-0.25, -0.2) is 4.68 Å². The Morgan fingerprint density at radius 2 is 1.82 bits per heavy atom. The highest BCUT2D eigenvalue weighted by molar-refractivity contribution is 5.93. The molecule has 2 aliphatic rings. The van der Waals surface area contributed by atoms with Gasteiger partial charge in [-0.15, -0.1) is 0 Å². The average molecular weight is 382 g/mol. The maximum atomic E-state index is 13.0. The number of piperidine rings is 1. The first kappa shape index (κ1) is 18.7. The first-order chi connectivity index (χ1) is 13.6. The number of likely N-dealkylation sites (tertiary alicyclic amines) is 1. The molecule has 4 rings (SSSR count). The summed E-state index contributed by atoms with van der Waals surface area (Å²) in [4.78, 5) is 29.5. The number of aromatic nitrogens is 2. The summed E-state index contributed by atoms with van der Waals surface area (Å²) in [5, 5.41) is 4.53. The molecular formula is C21H26N4O3. The number of carbonyl (C=O) groups excluding carboxylic acids is 2. The summed E-state index contributed by atoms with van der Waals surface area (Å²) in [6, 6.07) is 11.6. The van der Waals surface area contributed by atoms with E-state index in [-0.39, 0.29) is 17.7 Å². The molecule has 2 saturated heterocycles. The van der Waals surface area contributed by atoms with Crippen LogP contribution in [0.15, 0.2) is 36.4 Å². The Morgan fingerprint density at radius 3 is 2.57 bits per heavy atom. The number of benzene rings is 1. The zero-order valence-corrected chi connectivity index (χ0v) is 16.2. The lowest BCUT2D eigenvalue weighted by atomic mass is 9.96. The quantitative estimate of drug-likeness (QED) is 0.813. The van der Waals surface area contributed by atoms with Crippen molar-refractivity contribution >= 4 is 11.8 Å². The lowest BCUT2D eigenvalue weighted by Crippen LogP contribution is -2.49. The van der Waals surface area contributed by atoms with E-state index in [2.05, 4.69) is 5.10 Å². The van der Waals surface area contributed by atoms with E-state index in [0.717, 1.165) is 24.2 Å². The monoisotopic (exact) mass is 382 g/mol. The minimum Gasteiger partial charge on any atom is -0.378 e. The molecule has 1 atom stereocenters. The van der Waals surface area contributed by atoms with E-state index in [1.165, 1.54) is 0 Å². The SMILES string of the molecule is Cc1cc(C(=O)N2CCCC(C(=O)N3CCOCC3)C2)nn1-c1ccccc1. The van der Waals surface area contributed by atoms with Crippen molar-refractivity contribution in [3.8, 4) is 5.69 Å². The van der Waals surface area contributed by atoms with E-state index in [1.54, 1.807) is 9.58 Å². The summed E-state index contributed by atoms with van der Waals surface area (Å²) >= 11 is 0. The van der Waals surface area contributed by atoms with Gasteiger partial charge >= 0.3 is 0 Å². The molecule has 1 unspecified atom stereocenters. The number of morpholine rings is 1. The number of nitrogens with zero attached hydrogens (tertiary/aromatic N) is 4. The largest absolute Gasteiger partial charge is 0.378 e. The second kappa shape index (κ2) is 8.14. The van der Waals surface area contributed by atoms with Crippen LogP contribution in [0.3, 0.4) is 0 Å². The van der Waals surface area contributed by atoms with Crippen molar-refractivity contribution in [2.45, 2.75) is 19.8 Å². The van der Waals surface area contributed by atoms with Gasteiger partial charge < -0.3 is 14.5 Å². The van der Waals surface area contributed by atoms with Crippen molar-refractivity contribution in [1.29, 1.82) is 0 Å². The molecule has 2 aliphatic heterocycles. The number of hydrogen-bond acceptors (Lipinski definition) is 4. The number of aryl methyl sites for hydroxylation is 1. The van der Waals surface area contributed by atoms with Crippen LogP contribution in [0.5, 0.6) is 0 Å². The third kappa shape index (κ3) is 3.80. The molecule has 0 radical (unpaired) electrons. The van der Waals surface area contributed by atoms with E-state index in [0.29, 0.717) is 45.1 Å². The predicted octanol–water partition coefficient (Wildman–Crippen LogP) is 1.89. The third-order valence-electron chi connectivity index (χ3n) is 5.49. The van der Waals surface area contributed by atoms with Crippen molar-refractivity contribution in [1.82, 2.24) is 19.6 Å². The van der Waals surface area contributed by atoms with E-state index >= 15 is 0 Å². The van der Waals surface area contributed by atoms with Crippen molar-refractivity contribution < 1.29 is 14.3 Å².